The first-order valence-corrected chi connectivity index (χ1v) is 7.06. The molecule has 17 heavy (non-hydrogen) atoms. The van der Waals surface area contributed by atoms with Gasteiger partial charge in [0.15, 0.2) is 0 Å². The molecule has 0 amide bonds. The van der Waals surface area contributed by atoms with Gasteiger partial charge in [-0.2, -0.15) is 0 Å². The Kier molecular flexibility index (Phi) is 3.61. The summed E-state index contributed by atoms with van der Waals surface area (Å²) in [6.45, 7) is 9.32. The van der Waals surface area contributed by atoms with Gasteiger partial charge in [0, 0.05) is 0 Å². The molecule has 0 bridgehead atoms. The minimum Gasteiger partial charge on any atom is -0.0808 e. The summed E-state index contributed by atoms with van der Waals surface area (Å²) in [6.07, 6.45) is 13.7. The summed E-state index contributed by atoms with van der Waals surface area (Å²) in [5, 5.41) is 0. The third-order valence-electron chi connectivity index (χ3n) is 4.20. The molecular formula is C17H26. The average molecular weight is 230 g/mol. The van der Waals surface area contributed by atoms with Crippen molar-refractivity contribution in [2.75, 3.05) is 0 Å². The molecule has 0 saturated carbocycles. The molecular weight excluding hydrogens is 204 g/mol. The summed E-state index contributed by atoms with van der Waals surface area (Å²) in [4.78, 5) is 0. The molecule has 94 valence electrons. The molecule has 0 radical (unpaired) electrons. The van der Waals surface area contributed by atoms with E-state index in [0.29, 0.717) is 5.41 Å². The van der Waals surface area contributed by atoms with E-state index in [4.69, 9.17) is 0 Å². The van der Waals surface area contributed by atoms with Crippen LogP contribution in [-0.4, -0.2) is 0 Å². The molecule has 2 aliphatic carbocycles. The third kappa shape index (κ3) is 3.12. The zero-order valence-corrected chi connectivity index (χ0v) is 11.8. The summed E-state index contributed by atoms with van der Waals surface area (Å²) in [5.41, 5.74) is 5.18. The van der Waals surface area contributed by atoms with Crippen LogP contribution >= 0.6 is 0 Å². The van der Waals surface area contributed by atoms with Gasteiger partial charge in [-0.25, -0.2) is 0 Å². The lowest BCUT2D eigenvalue weighted by molar-refractivity contribution is 0.477. The summed E-state index contributed by atoms with van der Waals surface area (Å²) in [7, 11) is 0. The van der Waals surface area contributed by atoms with Crippen LogP contribution in [0.4, 0.5) is 0 Å². The van der Waals surface area contributed by atoms with E-state index in [0.717, 1.165) is 5.92 Å². The lowest BCUT2D eigenvalue weighted by Gasteiger charge is -2.28. The lowest BCUT2D eigenvalue weighted by Crippen LogP contribution is -2.12. The van der Waals surface area contributed by atoms with Crippen molar-refractivity contribution in [1.82, 2.24) is 0 Å². The van der Waals surface area contributed by atoms with Gasteiger partial charge in [-0.05, 0) is 54.6 Å². The SMILES string of the molecule is CC1CC=C(C2=CC=C(C(C)(C)C)CC2)CC1. The predicted molar refractivity (Wildman–Crippen MR) is 76.0 cm³/mol. The van der Waals surface area contributed by atoms with Gasteiger partial charge in [-0.15, -0.1) is 0 Å². The third-order valence-corrected chi connectivity index (χ3v) is 4.20. The Morgan fingerprint density at radius 2 is 1.76 bits per heavy atom. The highest BCUT2D eigenvalue weighted by Crippen LogP contribution is 2.37. The highest BCUT2D eigenvalue weighted by atomic mass is 14.3. The molecule has 0 heterocycles. The van der Waals surface area contributed by atoms with Crippen LogP contribution in [0.15, 0.2) is 34.9 Å². The van der Waals surface area contributed by atoms with Crippen molar-refractivity contribution in [3.63, 3.8) is 0 Å². The van der Waals surface area contributed by atoms with Crippen molar-refractivity contribution in [3.05, 3.63) is 34.9 Å². The van der Waals surface area contributed by atoms with Crippen molar-refractivity contribution in [1.29, 1.82) is 0 Å². The van der Waals surface area contributed by atoms with E-state index in [1.807, 2.05) is 0 Å². The van der Waals surface area contributed by atoms with Gasteiger partial charge >= 0.3 is 0 Å². The molecule has 0 aromatic heterocycles. The normalized spacial score (nSPS) is 26.1. The molecule has 2 rings (SSSR count). The van der Waals surface area contributed by atoms with Crippen molar-refractivity contribution in [3.8, 4) is 0 Å². The Balaban J connectivity index is 2.11. The Labute approximate surface area is 106 Å². The summed E-state index contributed by atoms with van der Waals surface area (Å²) in [5.74, 6) is 0.892. The van der Waals surface area contributed by atoms with Crippen LogP contribution in [0.3, 0.4) is 0 Å². The number of hydrogen-bond donors (Lipinski definition) is 0. The van der Waals surface area contributed by atoms with Gasteiger partial charge in [0.25, 0.3) is 0 Å². The average Bonchev–Trinajstić information content (AvgIpc) is 2.29. The van der Waals surface area contributed by atoms with Crippen LogP contribution in [0.2, 0.25) is 0 Å². The highest BCUT2D eigenvalue weighted by molar-refractivity contribution is 5.39. The van der Waals surface area contributed by atoms with E-state index in [2.05, 4.69) is 45.9 Å². The quantitative estimate of drug-likeness (QED) is 0.564. The van der Waals surface area contributed by atoms with E-state index in [9.17, 15) is 0 Å². The molecule has 0 spiro atoms. The molecule has 0 aromatic carbocycles. The number of allylic oxidation sites excluding steroid dienone is 6. The Bertz CT molecular complexity index is 371. The van der Waals surface area contributed by atoms with Gasteiger partial charge in [-0.3, -0.25) is 0 Å². The molecule has 0 fully saturated rings. The topological polar surface area (TPSA) is 0 Å². The zero-order chi connectivity index (χ0) is 12.5. The molecule has 0 nitrogen and oxygen atoms in total. The Morgan fingerprint density at radius 1 is 1.00 bits per heavy atom. The predicted octanol–water partition coefficient (Wildman–Crippen LogP) is 5.43. The number of hydrogen-bond acceptors (Lipinski definition) is 0. The zero-order valence-electron chi connectivity index (χ0n) is 11.8. The van der Waals surface area contributed by atoms with Crippen LogP contribution in [0, 0.1) is 11.3 Å². The molecule has 0 heteroatoms. The summed E-state index contributed by atoms with van der Waals surface area (Å²) in [6, 6.07) is 0. The van der Waals surface area contributed by atoms with E-state index in [-0.39, 0.29) is 0 Å². The largest absolute Gasteiger partial charge is 0.0808 e. The van der Waals surface area contributed by atoms with Crippen LogP contribution < -0.4 is 0 Å². The second-order valence-electron chi connectivity index (χ2n) is 6.74. The molecule has 0 saturated heterocycles. The first-order valence-electron chi connectivity index (χ1n) is 7.06. The molecule has 1 unspecified atom stereocenters. The number of rotatable bonds is 1. The first-order chi connectivity index (χ1) is 7.97. The minimum absolute atomic E-state index is 0.345. The van der Waals surface area contributed by atoms with Gasteiger partial charge in [0.2, 0.25) is 0 Å². The van der Waals surface area contributed by atoms with Gasteiger partial charge in [0.05, 0.1) is 0 Å². The standard InChI is InChI=1S/C17H26/c1-13-5-7-14(8-6-13)15-9-11-16(12-10-15)17(2,3)4/h7,9,11,13H,5-6,8,10,12H2,1-4H3. The second kappa shape index (κ2) is 4.84. The van der Waals surface area contributed by atoms with Crippen molar-refractivity contribution in [2.24, 2.45) is 11.3 Å². The van der Waals surface area contributed by atoms with E-state index < -0.39 is 0 Å². The van der Waals surface area contributed by atoms with Crippen molar-refractivity contribution < 1.29 is 0 Å². The fraction of sp³-hybridized carbons (Fsp3) is 0.647. The smallest absolute Gasteiger partial charge is 0.0170 e. The first kappa shape index (κ1) is 12.7. The minimum atomic E-state index is 0.345. The van der Waals surface area contributed by atoms with Crippen molar-refractivity contribution >= 4 is 0 Å². The van der Waals surface area contributed by atoms with Crippen LogP contribution in [-0.2, 0) is 0 Å². The van der Waals surface area contributed by atoms with E-state index in [1.54, 1.807) is 16.7 Å². The fourth-order valence-electron chi connectivity index (χ4n) is 2.79. The molecule has 1 atom stereocenters. The molecule has 2 aliphatic rings. The summed E-state index contributed by atoms with van der Waals surface area (Å²) >= 11 is 0. The second-order valence-corrected chi connectivity index (χ2v) is 6.74. The van der Waals surface area contributed by atoms with Crippen molar-refractivity contribution in [2.45, 2.75) is 59.8 Å². The highest BCUT2D eigenvalue weighted by Gasteiger charge is 2.20. The maximum atomic E-state index is 2.48. The Morgan fingerprint density at radius 3 is 2.24 bits per heavy atom. The molecule has 0 aromatic rings. The monoisotopic (exact) mass is 230 g/mol. The molecule has 0 N–H and O–H groups in total. The maximum Gasteiger partial charge on any atom is -0.0170 e. The molecule has 0 aliphatic heterocycles. The van der Waals surface area contributed by atoms with Crippen LogP contribution in [0.5, 0.6) is 0 Å². The van der Waals surface area contributed by atoms with Crippen LogP contribution in [0.1, 0.15) is 59.8 Å². The fourth-order valence-corrected chi connectivity index (χ4v) is 2.79. The van der Waals surface area contributed by atoms with E-state index >= 15 is 0 Å². The Hall–Kier alpha value is -0.780. The van der Waals surface area contributed by atoms with E-state index in [1.165, 1.54) is 32.1 Å². The van der Waals surface area contributed by atoms with Gasteiger partial charge in [-0.1, -0.05) is 51.5 Å². The van der Waals surface area contributed by atoms with Crippen LogP contribution in [0.25, 0.3) is 0 Å². The van der Waals surface area contributed by atoms with Gasteiger partial charge in [0.1, 0.15) is 0 Å². The maximum absolute atomic E-state index is 2.48. The lowest BCUT2D eigenvalue weighted by atomic mass is 9.78. The van der Waals surface area contributed by atoms with Gasteiger partial charge < -0.3 is 0 Å². The summed E-state index contributed by atoms with van der Waals surface area (Å²) < 4.78 is 0.